The van der Waals surface area contributed by atoms with Crippen LogP contribution in [-0.2, 0) is 12.3 Å². The van der Waals surface area contributed by atoms with Gasteiger partial charge < -0.3 is 9.88 Å². The van der Waals surface area contributed by atoms with Crippen LogP contribution in [0.25, 0.3) is 21.9 Å². The molecule has 0 spiro atoms. The maximum atomic E-state index is 13.7. The Kier molecular flexibility index (Phi) is 7.10. The van der Waals surface area contributed by atoms with Crippen molar-refractivity contribution in [3.8, 4) is 11.1 Å². The Balaban J connectivity index is 1.83. The van der Waals surface area contributed by atoms with Crippen molar-refractivity contribution < 1.29 is 4.79 Å². The van der Waals surface area contributed by atoms with Gasteiger partial charge in [0, 0.05) is 48.1 Å². The van der Waals surface area contributed by atoms with Crippen molar-refractivity contribution in [3.05, 3.63) is 108 Å². The molecule has 4 nitrogen and oxygen atoms in total. The fourth-order valence-electron chi connectivity index (χ4n) is 4.02. The van der Waals surface area contributed by atoms with Crippen LogP contribution in [0, 0.1) is 0 Å². The van der Waals surface area contributed by atoms with Crippen LogP contribution in [0.2, 0.25) is 0 Å². The van der Waals surface area contributed by atoms with Crippen molar-refractivity contribution in [2.24, 2.45) is 4.99 Å². The van der Waals surface area contributed by atoms with Gasteiger partial charge in [-0.1, -0.05) is 66.7 Å². The van der Waals surface area contributed by atoms with E-state index in [2.05, 4.69) is 47.5 Å². The average molecular weight is 454 g/mol. The van der Waals surface area contributed by atoms with Crippen molar-refractivity contribution in [2.45, 2.75) is 12.3 Å². The van der Waals surface area contributed by atoms with E-state index in [1.807, 2.05) is 72.7 Å². The van der Waals surface area contributed by atoms with Crippen LogP contribution >= 0.6 is 11.8 Å². The number of benzene rings is 3. The molecule has 0 radical (unpaired) electrons. The fraction of sp³-hybridized carbons (Fsp3) is 0.143. The highest BCUT2D eigenvalue weighted by Gasteiger charge is 2.19. The third kappa shape index (κ3) is 4.94. The quantitative estimate of drug-likeness (QED) is 0.244. The van der Waals surface area contributed by atoms with E-state index in [0.29, 0.717) is 17.7 Å². The lowest BCUT2D eigenvalue weighted by Gasteiger charge is -2.08. The normalized spacial score (nSPS) is 11.5. The first-order chi connectivity index (χ1) is 16.1. The summed E-state index contributed by atoms with van der Waals surface area (Å²) in [5.74, 6) is 0.944. The van der Waals surface area contributed by atoms with Crippen molar-refractivity contribution in [2.75, 3.05) is 13.3 Å². The lowest BCUT2D eigenvalue weighted by atomic mass is 9.94. The number of nitrogens with one attached hydrogen (secondary N) is 1. The summed E-state index contributed by atoms with van der Waals surface area (Å²) in [6.07, 6.45) is 7.85. The first-order valence-electron chi connectivity index (χ1n) is 10.8. The smallest absolute Gasteiger partial charge is 0.195 e. The van der Waals surface area contributed by atoms with E-state index in [9.17, 15) is 4.79 Å². The highest BCUT2D eigenvalue weighted by Crippen LogP contribution is 2.33. The standard InChI is InChI=1S/C28H27N3OS/c1-29-15-23(30-2)16-31-17-26(25-10-6-8-21-7-4-5-9-24(21)25)27(18-31)28(32)22-13-11-20(12-14-22)19-33-3/h4-15,17-18,29H,2,16,19H2,1,3H3/b23-15-. The van der Waals surface area contributed by atoms with E-state index in [4.69, 9.17) is 0 Å². The molecule has 166 valence electrons. The van der Waals surface area contributed by atoms with Gasteiger partial charge in [-0.25, -0.2) is 0 Å². The Morgan fingerprint density at radius 2 is 1.79 bits per heavy atom. The van der Waals surface area contributed by atoms with Crippen LogP contribution in [0.5, 0.6) is 0 Å². The van der Waals surface area contributed by atoms with E-state index in [0.717, 1.165) is 33.3 Å². The number of carbonyl (C=O) groups excluding carboxylic acids is 1. The number of ketones is 1. The average Bonchev–Trinajstić information content (AvgIpc) is 3.27. The minimum absolute atomic E-state index is 0.0121. The van der Waals surface area contributed by atoms with Crippen molar-refractivity contribution >= 4 is 35.0 Å². The molecule has 0 bridgehead atoms. The third-order valence-electron chi connectivity index (χ3n) is 5.59. The Labute approximate surface area is 199 Å². The maximum Gasteiger partial charge on any atom is 0.195 e. The van der Waals surface area contributed by atoms with E-state index >= 15 is 0 Å². The van der Waals surface area contributed by atoms with Crippen LogP contribution in [0.1, 0.15) is 21.5 Å². The number of fused-ring (bicyclic) bond motifs is 1. The van der Waals surface area contributed by atoms with Gasteiger partial charge in [0.15, 0.2) is 5.78 Å². The van der Waals surface area contributed by atoms with E-state index in [1.165, 1.54) is 5.56 Å². The van der Waals surface area contributed by atoms with Crippen LogP contribution in [0.3, 0.4) is 0 Å². The molecular formula is C28H27N3OS. The van der Waals surface area contributed by atoms with Gasteiger partial charge in [-0.2, -0.15) is 11.8 Å². The SMILES string of the molecule is C=N/C(=C\NC)Cn1cc(C(=O)c2ccc(CSC)cc2)c(-c2cccc3ccccc23)c1. The molecule has 0 aliphatic rings. The first-order valence-corrected chi connectivity index (χ1v) is 12.2. The summed E-state index contributed by atoms with van der Waals surface area (Å²) in [6, 6.07) is 22.4. The third-order valence-corrected chi connectivity index (χ3v) is 6.21. The summed E-state index contributed by atoms with van der Waals surface area (Å²) in [5, 5.41) is 5.27. The van der Waals surface area contributed by atoms with Gasteiger partial charge in [0.1, 0.15) is 0 Å². The van der Waals surface area contributed by atoms with Crippen molar-refractivity contribution in [1.82, 2.24) is 9.88 Å². The van der Waals surface area contributed by atoms with E-state index < -0.39 is 0 Å². The van der Waals surface area contributed by atoms with Crippen LogP contribution < -0.4 is 5.32 Å². The number of hydrogen-bond donors (Lipinski definition) is 1. The van der Waals surface area contributed by atoms with Crippen LogP contribution in [-0.4, -0.2) is 30.4 Å². The molecule has 0 unspecified atom stereocenters. The van der Waals surface area contributed by atoms with Gasteiger partial charge in [0.05, 0.1) is 12.2 Å². The number of aliphatic imine (C=N–C) groups is 1. The number of thioether (sulfide) groups is 1. The van der Waals surface area contributed by atoms with E-state index in [-0.39, 0.29) is 5.78 Å². The zero-order valence-corrected chi connectivity index (χ0v) is 19.7. The highest BCUT2D eigenvalue weighted by molar-refractivity contribution is 7.97. The molecule has 0 aliphatic heterocycles. The summed E-state index contributed by atoms with van der Waals surface area (Å²) in [6.45, 7) is 4.19. The Bertz CT molecular complexity index is 1310. The second kappa shape index (κ2) is 10.4. The number of nitrogens with zero attached hydrogens (tertiary/aromatic N) is 2. The van der Waals surface area contributed by atoms with Crippen molar-refractivity contribution in [1.29, 1.82) is 0 Å². The second-order valence-corrected chi connectivity index (χ2v) is 8.69. The highest BCUT2D eigenvalue weighted by atomic mass is 32.2. The Morgan fingerprint density at radius 3 is 2.52 bits per heavy atom. The molecule has 0 fully saturated rings. The molecular weight excluding hydrogens is 426 g/mol. The van der Waals surface area contributed by atoms with Gasteiger partial charge >= 0.3 is 0 Å². The molecule has 0 saturated carbocycles. The zero-order chi connectivity index (χ0) is 23.2. The molecule has 33 heavy (non-hydrogen) atoms. The lowest BCUT2D eigenvalue weighted by Crippen LogP contribution is -2.03. The van der Waals surface area contributed by atoms with Gasteiger partial charge in [-0.3, -0.25) is 9.79 Å². The molecule has 0 saturated heterocycles. The van der Waals surface area contributed by atoms with E-state index in [1.54, 1.807) is 11.8 Å². The van der Waals surface area contributed by atoms with Gasteiger partial charge in [-0.15, -0.1) is 0 Å². The first kappa shape index (κ1) is 22.6. The lowest BCUT2D eigenvalue weighted by molar-refractivity contribution is 0.103. The van der Waals surface area contributed by atoms with Crippen LogP contribution in [0.4, 0.5) is 0 Å². The molecule has 1 N–H and O–H groups in total. The molecule has 4 aromatic rings. The molecule has 3 aromatic carbocycles. The topological polar surface area (TPSA) is 46.4 Å². The molecule has 0 amide bonds. The predicted octanol–water partition coefficient (Wildman–Crippen LogP) is 6.16. The minimum Gasteiger partial charge on any atom is -0.392 e. The summed E-state index contributed by atoms with van der Waals surface area (Å²) in [7, 11) is 1.83. The Morgan fingerprint density at radius 1 is 1.03 bits per heavy atom. The summed E-state index contributed by atoms with van der Waals surface area (Å²) >= 11 is 1.77. The van der Waals surface area contributed by atoms with Gasteiger partial charge in [0.2, 0.25) is 0 Å². The molecule has 1 heterocycles. The van der Waals surface area contributed by atoms with Gasteiger partial charge in [-0.05, 0) is 34.9 Å². The minimum atomic E-state index is 0.0121. The molecule has 0 atom stereocenters. The predicted molar refractivity (Wildman–Crippen MR) is 141 cm³/mol. The molecule has 1 aromatic heterocycles. The molecule has 5 heteroatoms. The largest absolute Gasteiger partial charge is 0.392 e. The summed E-state index contributed by atoms with van der Waals surface area (Å²) in [4.78, 5) is 17.8. The number of aromatic nitrogens is 1. The summed E-state index contributed by atoms with van der Waals surface area (Å²) in [5.41, 5.74) is 5.32. The van der Waals surface area contributed by atoms with Crippen molar-refractivity contribution in [3.63, 3.8) is 0 Å². The molecule has 0 aliphatic carbocycles. The number of rotatable bonds is 9. The zero-order valence-electron chi connectivity index (χ0n) is 18.9. The number of hydrogen-bond acceptors (Lipinski definition) is 4. The van der Waals surface area contributed by atoms with Gasteiger partial charge in [0.25, 0.3) is 0 Å². The van der Waals surface area contributed by atoms with Crippen LogP contribution in [0.15, 0.2) is 96.0 Å². The number of allylic oxidation sites excluding steroid dienone is 1. The number of carbonyl (C=O) groups is 1. The molecule has 4 rings (SSSR count). The fourth-order valence-corrected chi connectivity index (χ4v) is 4.55. The maximum absolute atomic E-state index is 13.7. The summed E-state index contributed by atoms with van der Waals surface area (Å²) < 4.78 is 2.00. The second-order valence-electron chi connectivity index (χ2n) is 7.83. The Hall–Kier alpha value is -3.57. The monoisotopic (exact) mass is 453 g/mol.